The monoisotopic (exact) mass is 371 g/mol. The summed E-state index contributed by atoms with van der Waals surface area (Å²) in [6.45, 7) is 2.10. The summed E-state index contributed by atoms with van der Waals surface area (Å²) in [5, 5.41) is 2.75. The molecule has 3 N–H and O–H groups in total. The normalized spacial score (nSPS) is 10.4. The molecular formula is C21H26FN3O2. The van der Waals surface area contributed by atoms with E-state index in [0.29, 0.717) is 44.6 Å². The lowest BCUT2D eigenvalue weighted by Crippen LogP contribution is -2.33. The number of nitrogens with zero attached hydrogens (tertiary/aromatic N) is 1. The SMILES string of the molecule is NCCCN(Cc1ccccc1)C(=O)CCCNC(=O)c1ccc(F)cc1. The van der Waals surface area contributed by atoms with Crippen LogP contribution in [0.25, 0.3) is 0 Å². The molecule has 0 saturated carbocycles. The van der Waals surface area contributed by atoms with Gasteiger partial charge in [0.1, 0.15) is 5.82 Å². The van der Waals surface area contributed by atoms with E-state index >= 15 is 0 Å². The largest absolute Gasteiger partial charge is 0.352 e. The number of hydrogen-bond donors (Lipinski definition) is 2. The Kier molecular flexibility index (Phi) is 8.45. The van der Waals surface area contributed by atoms with E-state index in [0.717, 1.165) is 12.0 Å². The minimum Gasteiger partial charge on any atom is -0.352 e. The molecule has 2 rings (SSSR count). The predicted molar refractivity (Wildman–Crippen MR) is 103 cm³/mol. The third-order valence-electron chi connectivity index (χ3n) is 4.16. The van der Waals surface area contributed by atoms with Crippen LogP contribution in [0.15, 0.2) is 54.6 Å². The molecule has 0 aliphatic heterocycles. The number of amides is 2. The number of carbonyl (C=O) groups is 2. The Balaban J connectivity index is 1.78. The minimum atomic E-state index is -0.381. The number of carbonyl (C=O) groups excluding carboxylic acids is 2. The van der Waals surface area contributed by atoms with Crippen molar-refractivity contribution < 1.29 is 14.0 Å². The highest BCUT2D eigenvalue weighted by Gasteiger charge is 2.13. The van der Waals surface area contributed by atoms with Crippen molar-refractivity contribution >= 4 is 11.8 Å². The van der Waals surface area contributed by atoms with Crippen LogP contribution >= 0.6 is 0 Å². The van der Waals surface area contributed by atoms with Crippen molar-refractivity contribution in [2.24, 2.45) is 5.73 Å². The van der Waals surface area contributed by atoms with Crippen molar-refractivity contribution in [1.29, 1.82) is 0 Å². The molecule has 2 aromatic carbocycles. The summed E-state index contributed by atoms with van der Waals surface area (Å²) in [5.41, 5.74) is 7.06. The van der Waals surface area contributed by atoms with Gasteiger partial charge in [-0.15, -0.1) is 0 Å². The molecule has 0 aromatic heterocycles. The molecule has 0 bridgehead atoms. The summed E-state index contributed by atoms with van der Waals surface area (Å²) in [7, 11) is 0. The number of nitrogens with one attached hydrogen (secondary N) is 1. The summed E-state index contributed by atoms with van der Waals surface area (Å²) < 4.78 is 12.9. The fraction of sp³-hybridized carbons (Fsp3) is 0.333. The Labute approximate surface area is 159 Å². The molecule has 0 saturated heterocycles. The highest BCUT2D eigenvalue weighted by Crippen LogP contribution is 2.08. The molecule has 0 radical (unpaired) electrons. The van der Waals surface area contributed by atoms with Gasteiger partial charge in [-0.2, -0.15) is 0 Å². The van der Waals surface area contributed by atoms with Crippen LogP contribution in [0.2, 0.25) is 0 Å². The second-order valence-corrected chi connectivity index (χ2v) is 6.31. The Bertz CT molecular complexity index is 720. The van der Waals surface area contributed by atoms with E-state index in [-0.39, 0.29) is 17.6 Å². The van der Waals surface area contributed by atoms with Gasteiger partial charge >= 0.3 is 0 Å². The van der Waals surface area contributed by atoms with Crippen LogP contribution in [-0.4, -0.2) is 36.3 Å². The Morgan fingerprint density at radius 1 is 1.00 bits per heavy atom. The van der Waals surface area contributed by atoms with E-state index in [1.54, 1.807) is 0 Å². The number of benzene rings is 2. The quantitative estimate of drug-likeness (QED) is 0.631. The molecule has 2 amide bonds. The van der Waals surface area contributed by atoms with Crippen molar-refractivity contribution in [3.63, 3.8) is 0 Å². The van der Waals surface area contributed by atoms with Crippen LogP contribution in [0, 0.1) is 5.82 Å². The van der Waals surface area contributed by atoms with Crippen molar-refractivity contribution in [2.75, 3.05) is 19.6 Å². The molecule has 0 atom stereocenters. The van der Waals surface area contributed by atoms with E-state index in [9.17, 15) is 14.0 Å². The molecule has 0 unspecified atom stereocenters. The number of nitrogens with two attached hydrogens (primary N) is 1. The Hall–Kier alpha value is -2.73. The first kappa shape index (κ1) is 20.6. The van der Waals surface area contributed by atoms with E-state index in [2.05, 4.69) is 5.32 Å². The first-order valence-corrected chi connectivity index (χ1v) is 9.15. The molecule has 0 aliphatic carbocycles. The van der Waals surface area contributed by atoms with Crippen LogP contribution in [0.3, 0.4) is 0 Å². The molecule has 5 nitrogen and oxygen atoms in total. The van der Waals surface area contributed by atoms with E-state index in [4.69, 9.17) is 5.73 Å². The highest BCUT2D eigenvalue weighted by atomic mass is 19.1. The summed E-state index contributed by atoms with van der Waals surface area (Å²) in [5.74, 6) is -0.608. The lowest BCUT2D eigenvalue weighted by Gasteiger charge is -2.23. The third-order valence-corrected chi connectivity index (χ3v) is 4.16. The van der Waals surface area contributed by atoms with Crippen LogP contribution in [0.5, 0.6) is 0 Å². The molecule has 0 heterocycles. The summed E-state index contributed by atoms with van der Waals surface area (Å²) >= 11 is 0. The lowest BCUT2D eigenvalue weighted by molar-refractivity contribution is -0.132. The van der Waals surface area contributed by atoms with Gasteiger partial charge in [0.2, 0.25) is 5.91 Å². The van der Waals surface area contributed by atoms with Crippen molar-refractivity contribution in [3.8, 4) is 0 Å². The van der Waals surface area contributed by atoms with E-state index < -0.39 is 0 Å². The maximum absolute atomic E-state index is 12.9. The number of halogens is 1. The lowest BCUT2D eigenvalue weighted by atomic mass is 10.2. The number of hydrogen-bond acceptors (Lipinski definition) is 3. The van der Waals surface area contributed by atoms with Gasteiger partial charge in [-0.1, -0.05) is 30.3 Å². The van der Waals surface area contributed by atoms with Gasteiger partial charge < -0.3 is 16.0 Å². The first-order chi connectivity index (χ1) is 13.1. The maximum Gasteiger partial charge on any atom is 0.251 e. The van der Waals surface area contributed by atoms with Crippen molar-refractivity contribution in [1.82, 2.24) is 10.2 Å². The van der Waals surface area contributed by atoms with Crippen molar-refractivity contribution in [3.05, 3.63) is 71.5 Å². The smallest absolute Gasteiger partial charge is 0.251 e. The fourth-order valence-electron chi connectivity index (χ4n) is 2.68. The Morgan fingerprint density at radius 3 is 2.37 bits per heavy atom. The average Bonchev–Trinajstić information content (AvgIpc) is 2.69. The van der Waals surface area contributed by atoms with Gasteiger partial charge in [0.15, 0.2) is 0 Å². The van der Waals surface area contributed by atoms with Gasteiger partial charge in [-0.25, -0.2) is 4.39 Å². The molecular weight excluding hydrogens is 345 g/mol. The molecule has 0 fully saturated rings. The molecule has 0 aliphatic rings. The second-order valence-electron chi connectivity index (χ2n) is 6.31. The van der Waals surface area contributed by atoms with Crippen molar-refractivity contribution in [2.45, 2.75) is 25.8 Å². The zero-order valence-electron chi connectivity index (χ0n) is 15.4. The summed E-state index contributed by atoms with van der Waals surface area (Å²) in [6.07, 6.45) is 1.64. The van der Waals surface area contributed by atoms with Gasteiger partial charge in [0, 0.05) is 31.6 Å². The van der Waals surface area contributed by atoms with E-state index in [1.165, 1.54) is 24.3 Å². The predicted octanol–water partition coefficient (Wildman–Crippen LogP) is 2.71. The standard InChI is InChI=1S/C21H26FN3O2/c22-19-11-9-18(10-12-19)21(27)24-14-4-8-20(26)25(15-5-13-23)16-17-6-2-1-3-7-17/h1-3,6-7,9-12H,4-5,8,13-16,23H2,(H,24,27). The summed E-state index contributed by atoms with van der Waals surface area (Å²) in [4.78, 5) is 26.3. The van der Waals surface area contributed by atoms with E-state index in [1.807, 2.05) is 35.2 Å². The van der Waals surface area contributed by atoms with Crippen LogP contribution in [0.1, 0.15) is 35.2 Å². The number of rotatable bonds is 10. The molecule has 144 valence electrons. The fourth-order valence-corrected chi connectivity index (χ4v) is 2.68. The molecule has 0 spiro atoms. The molecule has 6 heteroatoms. The zero-order chi connectivity index (χ0) is 19.5. The zero-order valence-corrected chi connectivity index (χ0v) is 15.4. The van der Waals surface area contributed by atoms with Gasteiger partial charge in [-0.3, -0.25) is 9.59 Å². The minimum absolute atomic E-state index is 0.0448. The van der Waals surface area contributed by atoms with Gasteiger partial charge in [0.05, 0.1) is 0 Å². The maximum atomic E-state index is 12.9. The van der Waals surface area contributed by atoms with Crippen LogP contribution < -0.4 is 11.1 Å². The Morgan fingerprint density at radius 2 is 1.70 bits per heavy atom. The van der Waals surface area contributed by atoms with Gasteiger partial charge in [0.25, 0.3) is 5.91 Å². The highest BCUT2D eigenvalue weighted by molar-refractivity contribution is 5.94. The third kappa shape index (κ3) is 7.19. The average molecular weight is 371 g/mol. The first-order valence-electron chi connectivity index (χ1n) is 9.15. The van der Waals surface area contributed by atoms with Crippen LogP contribution in [-0.2, 0) is 11.3 Å². The molecule has 27 heavy (non-hydrogen) atoms. The molecule has 2 aromatic rings. The van der Waals surface area contributed by atoms with Crippen LogP contribution in [0.4, 0.5) is 4.39 Å². The topological polar surface area (TPSA) is 75.4 Å². The van der Waals surface area contributed by atoms with Gasteiger partial charge in [-0.05, 0) is 49.2 Å². The summed E-state index contributed by atoms with van der Waals surface area (Å²) in [6, 6.07) is 15.2. The second kappa shape index (κ2) is 11.1.